The Morgan fingerprint density at radius 2 is 1.97 bits per heavy atom. The van der Waals surface area contributed by atoms with Crippen LogP contribution in [0.1, 0.15) is 12.0 Å². The van der Waals surface area contributed by atoms with E-state index >= 15 is 0 Å². The first-order chi connectivity index (χ1) is 15.5. The molecule has 5 rings (SSSR count). The number of fused-ring (bicyclic) bond motifs is 1. The van der Waals surface area contributed by atoms with Gasteiger partial charge in [-0.25, -0.2) is 23.7 Å². The Kier molecular flexibility index (Phi) is 5.14. The minimum Gasteiger partial charge on any atom is -0.382 e. The molecule has 2 atom stereocenters. The molecule has 10 heteroatoms. The molecule has 3 aromatic heterocycles. The maximum Gasteiger partial charge on any atom is 0.165 e. The Morgan fingerprint density at radius 1 is 1.12 bits per heavy atom. The summed E-state index contributed by atoms with van der Waals surface area (Å²) < 4.78 is 30.2. The van der Waals surface area contributed by atoms with Gasteiger partial charge in [-0.15, -0.1) is 0 Å². The molecule has 0 amide bonds. The van der Waals surface area contributed by atoms with Crippen LogP contribution < -0.4 is 16.4 Å². The summed E-state index contributed by atoms with van der Waals surface area (Å²) in [6.07, 6.45) is 4.04. The smallest absolute Gasteiger partial charge is 0.165 e. The first-order valence-electron chi connectivity index (χ1n) is 10.3. The molecule has 1 saturated heterocycles. The van der Waals surface area contributed by atoms with E-state index < -0.39 is 12.2 Å². The van der Waals surface area contributed by atoms with E-state index in [1.807, 2.05) is 15.5 Å². The number of imidazole rings is 1. The predicted molar refractivity (Wildman–Crippen MR) is 118 cm³/mol. The first kappa shape index (κ1) is 20.3. The molecule has 4 aromatic rings. The van der Waals surface area contributed by atoms with Crippen LogP contribution in [0.15, 0.2) is 49.2 Å². The second-order valence-electron chi connectivity index (χ2n) is 7.90. The van der Waals surface area contributed by atoms with Crippen LogP contribution in [-0.4, -0.2) is 49.8 Å². The van der Waals surface area contributed by atoms with Gasteiger partial charge in [0.15, 0.2) is 11.5 Å². The fraction of sp³-hybridized carbons (Fsp3) is 0.273. The van der Waals surface area contributed by atoms with Gasteiger partial charge in [-0.05, 0) is 30.2 Å². The Hall–Kier alpha value is -3.66. The minimum atomic E-state index is -1.03. The zero-order chi connectivity index (χ0) is 22.2. The maximum absolute atomic E-state index is 14.4. The molecule has 8 nitrogen and oxygen atoms in total. The standard InChI is InChI=1S/C22H22F2N8/c23-15-4-2-1-3-14(15)18-7-13(9-32-12-30-20-21(26)28-11-29-22(20)32)19(8-27-18)31-6-5-16(24)17(25)10-31/h1-4,7-8,11-12,16-17H,5-6,9-10,25H2,(H2,26,28,29)/t16-,17+/m1/s1. The highest BCUT2D eigenvalue weighted by atomic mass is 19.1. The number of anilines is 2. The monoisotopic (exact) mass is 436 g/mol. The molecule has 0 unspecified atom stereocenters. The number of hydrogen-bond donors (Lipinski definition) is 2. The van der Waals surface area contributed by atoms with Gasteiger partial charge in [-0.3, -0.25) is 4.98 Å². The molecule has 1 aliphatic heterocycles. The first-order valence-corrected chi connectivity index (χ1v) is 10.3. The number of rotatable bonds is 4. The fourth-order valence-corrected chi connectivity index (χ4v) is 4.09. The average Bonchev–Trinajstić information content (AvgIpc) is 3.20. The third-order valence-electron chi connectivity index (χ3n) is 5.80. The van der Waals surface area contributed by atoms with Crippen molar-refractivity contribution in [2.75, 3.05) is 23.7 Å². The van der Waals surface area contributed by atoms with E-state index in [2.05, 4.69) is 19.9 Å². The van der Waals surface area contributed by atoms with Crippen molar-refractivity contribution in [3.05, 3.63) is 60.6 Å². The molecule has 0 spiro atoms. The van der Waals surface area contributed by atoms with Crippen molar-refractivity contribution >= 4 is 22.7 Å². The van der Waals surface area contributed by atoms with Crippen molar-refractivity contribution in [3.63, 3.8) is 0 Å². The topological polar surface area (TPSA) is 112 Å². The van der Waals surface area contributed by atoms with Gasteiger partial charge in [0.05, 0.1) is 36.5 Å². The van der Waals surface area contributed by atoms with Gasteiger partial charge in [0, 0.05) is 18.7 Å². The van der Waals surface area contributed by atoms with E-state index in [1.54, 1.807) is 30.7 Å². The molecular formula is C22H22F2N8. The Balaban J connectivity index is 1.59. The lowest BCUT2D eigenvalue weighted by Crippen LogP contribution is -2.50. The van der Waals surface area contributed by atoms with Crippen molar-refractivity contribution in [2.45, 2.75) is 25.2 Å². The summed E-state index contributed by atoms with van der Waals surface area (Å²) >= 11 is 0. The molecule has 4 N–H and O–H groups in total. The lowest BCUT2D eigenvalue weighted by atomic mass is 10.0. The lowest BCUT2D eigenvalue weighted by Gasteiger charge is -2.35. The summed E-state index contributed by atoms with van der Waals surface area (Å²) in [6, 6.07) is 7.76. The SMILES string of the molecule is Nc1ncnc2c1ncn2Cc1cc(-c2ccccc2F)ncc1N1CC[C@@H](F)[C@@H](N)C1. The van der Waals surface area contributed by atoms with Crippen LogP contribution in [0.5, 0.6) is 0 Å². The largest absolute Gasteiger partial charge is 0.382 e. The Bertz CT molecular complexity index is 1270. The van der Waals surface area contributed by atoms with Gasteiger partial charge >= 0.3 is 0 Å². The highest BCUT2D eigenvalue weighted by Crippen LogP contribution is 2.30. The molecular weight excluding hydrogens is 414 g/mol. The van der Waals surface area contributed by atoms with E-state index in [4.69, 9.17) is 11.5 Å². The van der Waals surface area contributed by atoms with Gasteiger partial charge < -0.3 is 20.9 Å². The lowest BCUT2D eigenvalue weighted by molar-refractivity contribution is 0.244. The molecule has 0 aliphatic carbocycles. The number of halogens is 2. The second kappa shape index (κ2) is 8.12. The summed E-state index contributed by atoms with van der Waals surface area (Å²) in [5, 5.41) is 0. The summed E-state index contributed by atoms with van der Waals surface area (Å²) in [6.45, 7) is 1.27. The zero-order valence-electron chi connectivity index (χ0n) is 17.2. The summed E-state index contributed by atoms with van der Waals surface area (Å²) in [5.74, 6) is -0.0562. The summed E-state index contributed by atoms with van der Waals surface area (Å²) in [4.78, 5) is 19.1. The third kappa shape index (κ3) is 3.62. The summed E-state index contributed by atoms with van der Waals surface area (Å²) in [5.41, 5.74) is 15.6. The number of benzene rings is 1. The zero-order valence-corrected chi connectivity index (χ0v) is 17.2. The van der Waals surface area contributed by atoms with Crippen molar-refractivity contribution in [2.24, 2.45) is 5.73 Å². The van der Waals surface area contributed by atoms with Crippen LogP contribution in [0.3, 0.4) is 0 Å². The third-order valence-corrected chi connectivity index (χ3v) is 5.80. The van der Waals surface area contributed by atoms with Gasteiger partial charge in [0.1, 0.15) is 23.8 Å². The van der Waals surface area contributed by atoms with Gasteiger partial charge in [0.25, 0.3) is 0 Å². The van der Waals surface area contributed by atoms with E-state index in [9.17, 15) is 8.78 Å². The van der Waals surface area contributed by atoms with Gasteiger partial charge in [-0.1, -0.05) is 12.1 Å². The predicted octanol–water partition coefficient (Wildman–Crippen LogP) is 2.53. The number of alkyl halides is 1. The second-order valence-corrected chi connectivity index (χ2v) is 7.90. The fourth-order valence-electron chi connectivity index (χ4n) is 4.09. The number of nitrogen functional groups attached to an aromatic ring is 1. The number of nitrogens with zero attached hydrogens (tertiary/aromatic N) is 6. The normalized spacial score (nSPS) is 18.9. The molecule has 4 heterocycles. The van der Waals surface area contributed by atoms with Gasteiger partial charge in [0.2, 0.25) is 0 Å². The van der Waals surface area contributed by atoms with E-state index in [1.165, 1.54) is 12.4 Å². The van der Waals surface area contributed by atoms with Crippen molar-refractivity contribution < 1.29 is 8.78 Å². The number of nitrogens with two attached hydrogens (primary N) is 2. The van der Waals surface area contributed by atoms with E-state index in [0.29, 0.717) is 54.3 Å². The van der Waals surface area contributed by atoms with E-state index in [0.717, 1.165) is 11.3 Å². The maximum atomic E-state index is 14.4. The number of hydrogen-bond acceptors (Lipinski definition) is 7. The van der Waals surface area contributed by atoms with Crippen LogP contribution in [0.25, 0.3) is 22.4 Å². The highest BCUT2D eigenvalue weighted by Gasteiger charge is 2.28. The van der Waals surface area contributed by atoms with Crippen molar-refractivity contribution in [3.8, 4) is 11.3 Å². The number of pyridine rings is 1. The van der Waals surface area contributed by atoms with Crippen molar-refractivity contribution in [1.29, 1.82) is 0 Å². The van der Waals surface area contributed by atoms with Crippen LogP contribution in [0.4, 0.5) is 20.3 Å². The summed E-state index contributed by atoms with van der Waals surface area (Å²) in [7, 11) is 0. The molecule has 0 bridgehead atoms. The van der Waals surface area contributed by atoms with Crippen molar-refractivity contribution in [1.82, 2.24) is 24.5 Å². The van der Waals surface area contributed by atoms with E-state index in [-0.39, 0.29) is 5.82 Å². The van der Waals surface area contributed by atoms with Crippen LogP contribution >= 0.6 is 0 Å². The molecule has 1 fully saturated rings. The highest BCUT2D eigenvalue weighted by molar-refractivity contribution is 5.81. The van der Waals surface area contributed by atoms with Crippen LogP contribution in [0.2, 0.25) is 0 Å². The average molecular weight is 436 g/mol. The van der Waals surface area contributed by atoms with Gasteiger partial charge in [-0.2, -0.15) is 0 Å². The molecule has 0 saturated carbocycles. The quantitative estimate of drug-likeness (QED) is 0.506. The molecule has 1 aromatic carbocycles. The van der Waals surface area contributed by atoms with Crippen LogP contribution in [0, 0.1) is 5.82 Å². The number of piperidine rings is 1. The molecule has 0 radical (unpaired) electrons. The minimum absolute atomic E-state index is 0.298. The molecule has 1 aliphatic rings. The number of aromatic nitrogens is 5. The molecule has 164 valence electrons. The molecule has 32 heavy (non-hydrogen) atoms. The Morgan fingerprint density at radius 3 is 2.78 bits per heavy atom. The van der Waals surface area contributed by atoms with Crippen LogP contribution in [-0.2, 0) is 6.54 Å². The Labute approximate surface area is 182 Å².